The molecule has 1 atom stereocenters. The zero-order valence-electron chi connectivity index (χ0n) is 14.8. The van der Waals surface area contributed by atoms with Crippen LogP contribution in [0.2, 0.25) is 5.02 Å². The third-order valence-electron chi connectivity index (χ3n) is 4.41. The highest BCUT2D eigenvalue weighted by atomic mass is 35.5. The number of sulfone groups is 1. The summed E-state index contributed by atoms with van der Waals surface area (Å²) >= 11 is 5.96. The van der Waals surface area contributed by atoms with Crippen LogP contribution < -0.4 is 5.43 Å². The minimum atomic E-state index is -3.27. The maximum atomic E-state index is 12.4. The molecule has 3 rings (SSSR count). The standard InChI is InChI=1S/C19H22ClN3O2S/c1-23(2)11-12-26(24,25)17-9-5-14(6-10-17)18-13-21-22-19(18)15-3-7-16(20)8-4-15/h3-10,18,21H,11-13H2,1-2H3. The molecule has 138 valence electrons. The lowest BCUT2D eigenvalue weighted by molar-refractivity contribution is 0.432. The Labute approximate surface area is 159 Å². The fraction of sp³-hybridized carbons (Fsp3) is 0.316. The Morgan fingerprint density at radius 2 is 1.77 bits per heavy atom. The number of halogens is 1. The molecule has 1 heterocycles. The van der Waals surface area contributed by atoms with E-state index < -0.39 is 9.84 Å². The zero-order chi connectivity index (χ0) is 18.7. The molecule has 1 aliphatic rings. The van der Waals surface area contributed by atoms with Crippen LogP contribution in [0, 0.1) is 0 Å². The van der Waals surface area contributed by atoms with E-state index in [-0.39, 0.29) is 11.7 Å². The first-order valence-electron chi connectivity index (χ1n) is 8.40. The van der Waals surface area contributed by atoms with Crippen LogP contribution in [0.15, 0.2) is 58.5 Å². The molecule has 0 saturated heterocycles. The van der Waals surface area contributed by atoms with E-state index in [0.29, 0.717) is 23.0 Å². The highest BCUT2D eigenvalue weighted by Gasteiger charge is 2.25. The van der Waals surface area contributed by atoms with Crippen molar-refractivity contribution in [2.75, 3.05) is 32.9 Å². The van der Waals surface area contributed by atoms with Crippen molar-refractivity contribution < 1.29 is 8.42 Å². The summed E-state index contributed by atoms with van der Waals surface area (Å²) < 4.78 is 24.8. The first kappa shape index (κ1) is 18.9. The van der Waals surface area contributed by atoms with Crippen molar-refractivity contribution >= 4 is 27.1 Å². The lowest BCUT2D eigenvalue weighted by Gasteiger charge is -2.14. The van der Waals surface area contributed by atoms with Crippen molar-refractivity contribution in [1.82, 2.24) is 10.3 Å². The number of benzene rings is 2. The van der Waals surface area contributed by atoms with Gasteiger partial charge in [0.05, 0.1) is 16.4 Å². The first-order valence-corrected chi connectivity index (χ1v) is 10.4. The van der Waals surface area contributed by atoms with Gasteiger partial charge in [-0.1, -0.05) is 35.9 Å². The van der Waals surface area contributed by atoms with Gasteiger partial charge in [-0.05, 0) is 49.5 Å². The fourth-order valence-corrected chi connectivity index (χ4v) is 4.40. The van der Waals surface area contributed by atoms with Crippen LogP contribution in [0.5, 0.6) is 0 Å². The Morgan fingerprint density at radius 1 is 1.12 bits per heavy atom. The molecule has 0 bridgehead atoms. The smallest absolute Gasteiger partial charge is 0.179 e. The number of hydrogen-bond acceptors (Lipinski definition) is 5. The topological polar surface area (TPSA) is 61.8 Å². The quantitative estimate of drug-likeness (QED) is 0.822. The first-order chi connectivity index (χ1) is 12.4. The molecule has 1 N–H and O–H groups in total. The van der Waals surface area contributed by atoms with Crippen molar-refractivity contribution in [2.45, 2.75) is 10.8 Å². The van der Waals surface area contributed by atoms with Crippen LogP contribution in [0.3, 0.4) is 0 Å². The van der Waals surface area contributed by atoms with Gasteiger partial charge in [0, 0.05) is 24.0 Å². The highest BCUT2D eigenvalue weighted by molar-refractivity contribution is 7.91. The fourth-order valence-electron chi connectivity index (χ4n) is 2.89. The average Bonchev–Trinajstić information content (AvgIpc) is 3.10. The Hall–Kier alpha value is -1.89. The van der Waals surface area contributed by atoms with Gasteiger partial charge in [0.15, 0.2) is 9.84 Å². The van der Waals surface area contributed by atoms with Gasteiger partial charge >= 0.3 is 0 Å². The van der Waals surface area contributed by atoms with Gasteiger partial charge in [-0.25, -0.2) is 8.42 Å². The summed E-state index contributed by atoms with van der Waals surface area (Å²) in [6.07, 6.45) is 0. The summed E-state index contributed by atoms with van der Waals surface area (Å²) in [4.78, 5) is 2.23. The van der Waals surface area contributed by atoms with Crippen LogP contribution in [0.4, 0.5) is 0 Å². The molecule has 0 radical (unpaired) electrons. The SMILES string of the molecule is CN(C)CCS(=O)(=O)c1ccc(C2CNN=C2c2ccc(Cl)cc2)cc1. The van der Waals surface area contributed by atoms with Gasteiger partial charge in [0.25, 0.3) is 0 Å². The van der Waals surface area contributed by atoms with Gasteiger partial charge in [-0.2, -0.15) is 5.10 Å². The van der Waals surface area contributed by atoms with Crippen LogP contribution in [0.1, 0.15) is 17.0 Å². The zero-order valence-corrected chi connectivity index (χ0v) is 16.4. The van der Waals surface area contributed by atoms with E-state index in [2.05, 4.69) is 10.5 Å². The second kappa shape index (κ2) is 7.78. The minimum Gasteiger partial charge on any atom is -0.309 e. The maximum absolute atomic E-state index is 12.4. The third kappa shape index (κ3) is 4.26. The molecule has 5 nitrogen and oxygen atoms in total. The molecule has 2 aromatic carbocycles. The molecule has 7 heteroatoms. The molecule has 0 fully saturated rings. The van der Waals surface area contributed by atoms with Crippen LogP contribution in [-0.2, 0) is 9.84 Å². The van der Waals surface area contributed by atoms with E-state index in [0.717, 1.165) is 16.8 Å². The van der Waals surface area contributed by atoms with Crippen LogP contribution in [0.25, 0.3) is 0 Å². The molecule has 26 heavy (non-hydrogen) atoms. The number of rotatable bonds is 6. The number of nitrogens with one attached hydrogen (secondary N) is 1. The Bertz CT molecular complexity index is 891. The molecule has 0 amide bonds. The Kier molecular flexibility index (Phi) is 5.65. The van der Waals surface area contributed by atoms with Crippen molar-refractivity contribution in [2.24, 2.45) is 5.10 Å². The lowest BCUT2D eigenvalue weighted by atomic mass is 9.91. The average molecular weight is 392 g/mol. The van der Waals surface area contributed by atoms with E-state index in [1.54, 1.807) is 12.1 Å². The summed E-state index contributed by atoms with van der Waals surface area (Å²) in [6, 6.07) is 14.7. The second-order valence-electron chi connectivity index (χ2n) is 6.61. The Balaban J connectivity index is 1.80. The van der Waals surface area contributed by atoms with E-state index in [1.807, 2.05) is 55.4 Å². The maximum Gasteiger partial charge on any atom is 0.179 e. The molecule has 0 saturated carbocycles. The van der Waals surface area contributed by atoms with E-state index in [9.17, 15) is 8.42 Å². The molecular weight excluding hydrogens is 370 g/mol. The van der Waals surface area contributed by atoms with Gasteiger partial charge in [-0.15, -0.1) is 0 Å². The molecule has 2 aromatic rings. The van der Waals surface area contributed by atoms with Gasteiger partial charge < -0.3 is 10.3 Å². The molecular formula is C19H22ClN3O2S. The minimum absolute atomic E-state index is 0.0784. The van der Waals surface area contributed by atoms with Crippen molar-refractivity contribution in [1.29, 1.82) is 0 Å². The Morgan fingerprint density at radius 3 is 2.38 bits per heavy atom. The monoisotopic (exact) mass is 391 g/mol. The third-order valence-corrected chi connectivity index (χ3v) is 6.38. The molecule has 0 aromatic heterocycles. The van der Waals surface area contributed by atoms with Gasteiger partial charge in [0.1, 0.15) is 0 Å². The molecule has 0 spiro atoms. The summed E-state index contributed by atoms with van der Waals surface area (Å²) in [5, 5.41) is 5.10. The predicted octanol–water partition coefficient (Wildman–Crippen LogP) is 2.77. The van der Waals surface area contributed by atoms with Crippen molar-refractivity contribution in [3.8, 4) is 0 Å². The van der Waals surface area contributed by atoms with Gasteiger partial charge in [-0.3, -0.25) is 0 Å². The summed E-state index contributed by atoms with van der Waals surface area (Å²) in [5.41, 5.74) is 6.02. The van der Waals surface area contributed by atoms with Crippen LogP contribution >= 0.6 is 11.6 Å². The van der Waals surface area contributed by atoms with Crippen LogP contribution in [-0.4, -0.2) is 52.0 Å². The number of nitrogens with zero attached hydrogens (tertiary/aromatic N) is 2. The largest absolute Gasteiger partial charge is 0.309 e. The van der Waals surface area contributed by atoms with Gasteiger partial charge in [0.2, 0.25) is 0 Å². The van der Waals surface area contributed by atoms with E-state index in [4.69, 9.17) is 11.6 Å². The van der Waals surface area contributed by atoms with Crippen molar-refractivity contribution in [3.63, 3.8) is 0 Å². The molecule has 0 aliphatic carbocycles. The highest BCUT2D eigenvalue weighted by Crippen LogP contribution is 2.26. The number of hydrazone groups is 1. The molecule has 1 unspecified atom stereocenters. The van der Waals surface area contributed by atoms with Crippen molar-refractivity contribution in [3.05, 3.63) is 64.7 Å². The summed E-state index contributed by atoms with van der Waals surface area (Å²) in [5.74, 6) is 0.191. The lowest BCUT2D eigenvalue weighted by Crippen LogP contribution is -2.22. The number of hydrogen-bond donors (Lipinski definition) is 1. The van der Waals surface area contributed by atoms with E-state index >= 15 is 0 Å². The normalized spacial score (nSPS) is 17.2. The summed E-state index contributed by atoms with van der Waals surface area (Å²) in [6.45, 7) is 1.19. The summed E-state index contributed by atoms with van der Waals surface area (Å²) in [7, 11) is 0.461. The van der Waals surface area contributed by atoms with E-state index in [1.165, 1.54) is 0 Å². The predicted molar refractivity (Wildman–Crippen MR) is 106 cm³/mol. The molecule has 1 aliphatic heterocycles. The second-order valence-corrected chi connectivity index (χ2v) is 9.16.